The van der Waals surface area contributed by atoms with Crippen molar-refractivity contribution in [3.05, 3.63) is 21.6 Å². The van der Waals surface area contributed by atoms with Crippen molar-refractivity contribution in [2.45, 2.75) is 12.6 Å². The smallest absolute Gasteiger partial charge is 0.382 e. The summed E-state index contributed by atoms with van der Waals surface area (Å²) in [6.45, 7) is -0.349. The van der Waals surface area contributed by atoms with Crippen molar-refractivity contribution in [2.24, 2.45) is 7.05 Å². The number of nitrogens with zero attached hydrogens (tertiary/aromatic N) is 2. The fraction of sp³-hybridized carbons (Fsp3) is 0.500. The molecule has 1 aromatic rings. The predicted octanol–water partition coefficient (Wildman–Crippen LogP) is 1.80. The molecule has 0 aliphatic rings. The van der Waals surface area contributed by atoms with Crippen LogP contribution in [0.2, 0.25) is 5.02 Å². The van der Waals surface area contributed by atoms with Gasteiger partial charge < -0.3 is 5.32 Å². The quantitative estimate of drug-likeness (QED) is 0.896. The molecule has 0 aromatic carbocycles. The molecule has 0 aliphatic heterocycles. The van der Waals surface area contributed by atoms with Gasteiger partial charge in [-0.2, -0.15) is 18.3 Å². The van der Waals surface area contributed by atoms with Crippen LogP contribution >= 0.6 is 11.6 Å². The third-order valence-electron chi connectivity index (χ3n) is 1.80. The molecule has 16 heavy (non-hydrogen) atoms. The highest BCUT2D eigenvalue weighted by molar-refractivity contribution is 6.32. The van der Waals surface area contributed by atoms with Crippen molar-refractivity contribution in [1.82, 2.24) is 9.78 Å². The maximum Gasteiger partial charge on any atom is 0.390 e. The van der Waals surface area contributed by atoms with Gasteiger partial charge in [-0.3, -0.25) is 4.79 Å². The summed E-state index contributed by atoms with van der Waals surface area (Å²) in [7, 11) is 1.40. The molecule has 0 spiro atoms. The van der Waals surface area contributed by atoms with Gasteiger partial charge in [0.1, 0.15) is 5.02 Å². The molecule has 0 bridgehead atoms. The molecule has 1 aromatic heterocycles. The normalized spacial score (nSPS) is 11.6. The first kappa shape index (κ1) is 12.8. The zero-order valence-electron chi connectivity index (χ0n) is 8.31. The number of alkyl halides is 3. The number of anilines is 1. The van der Waals surface area contributed by atoms with Gasteiger partial charge in [0.05, 0.1) is 18.3 Å². The van der Waals surface area contributed by atoms with Crippen molar-refractivity contribution in [2.75, 3.05) is 11.9 Å². The van der Waals surface area contributed by atoms with E-state index in [9.17, 15) is 18.0 Å². The van der Waals surface area contributed by atoms with Crippen LogP contribution in [0.25, 0.3) is 0 Å². The second-order valence-electron chi connectivity index (χ2n) is 3.09. The van der Waals surface area contributed by atoms with Gasteiger partial charge in [0, 0.05) is 13.6 Å². The molecule has 0 radical (unpaired) electrons. The lowest BCUT2D eigenvalue weighted by atomic mass is 10.4. The average molecular weight is 256 g/mol. The van der Waals surface area contributed by atoms with Gasteiger partial charge >= 0.3 is 6.18 Å². The lowest BCUT2D eigenvalue weighted by Gasteiger charge is -2.09. The maximum absolute atomic E-state index is 11.8. The van der Waals surface area contributed by atoms with Gasteiger partial charge in [0.25, 0.3) is 5.56 Å². The molecule has 4 nitrogen and oxygen atoms in total. The number of aromatic nitrogens is 2. The van der Waals surface area contributed by atoms with Gasteiger partial charge in [0.2, 0.25) is 0 Å². The molecule has 1 rings (SSSR count). The third kappa shape index (κ3) is 3.41. The molecule has 0 unspecified atom stereocenters. The number of hydrogen-bond acceptors (Lipinski definition) is 3. The molecule has 0 fully saturated rings. The first-order chi connectivity index (χ1) is 7.31. The van der Waals surface area contributed by atoms with E-state index in [4.69, 9.17) is 11.6 Å². The standard InChI is InChI=1S/C8H9ClF3N3O/c1-15-7(16)6(9)5(4-14-15)13-3-2-8(10,11)12/h4,13H,2-3H2,1H3. The molecule has 8 heteroatoms. The van der Waals surface area contributed by atoms with Crippen LogP contribution in [0.4, 0.5) is 18.9 Å². The van der Waals surface area contributed by atoms with Crippen LogP contribution in [-0.2, 0) is 7.05 Å². The Labute approximate surface area is 94.0 Å². The van der Waals surface area contributed by atoms with Crippen molar-refractivity contribution < 1.29 is 13.2 Å². The molecule has 1 N–H and O–H groups in total. The largest absolute Gasteiger partial charge is 0.390 e. The van der Waals surface area contributed by atoms with Crippen LogP contribution in [0.15, 0.2) is 11.0 Å². The Morgan fingerprint density at radius 1 is 1.56 bits per heavy atom. The zero-order valence-corrected chi connectivity index (χ0v) is 9.06. The predicted molar refractivity (Wildman–Crippen MR) is 53.6 cm³/mol. The van der Waals surface area contributed by atoms with E-state index in [1.165, 1.54) is 13.2 Å². The van der Waals surface area contributed by atoms with Crippen molar-refractivity contribution in [1.29, 1.82) is 0 Å². The maximum atomic E-state index is 11.8. The lowest BCUT2D eigenvalue weighted by Crippen LogP contribution is -2.22. The Bertz CT molecular complexity index is 430. The number of aryl methyl sites for hydroxylation is 1. The minimum absolute atomic E-state index is 0.106. The van der Waals surface area contributed by atoms with Gasteiger partial charge in [-0.15, -0.1) is 0 Å². The summed E-state index contributed by atoms with van der Waals surface area (Å²) < 4.78 is 36.5. The first-order valence-electron chi connectivity index (χ1n) is 4.33. The van der Waals surface area contributed by atoms with E-state index in [1.54, 1.807) is 0 Å². The SMILES string of the molecule is Cn1ncc(NCCC(F)(F)F)c(Cl)c1=O. The van der Waals surface area contributed by atoms with Gasteiger partial charge in [-0.25, -0.2) is 4.68 Å². The summed E-state index contributed by atoms with van der Waals surface area (Å²) >= 11 is 5.63. The van der Waals surface area contributed by atoms with E-state index in [1.807, 2.05) is 0 Å². The molecule has 90 valence electrons. The van der Waals surface area contributed by atoms with Crippen LogP contribution in [0.1, 0.15) is 6.42 Å². The fourth-order valence-electron chi connectivity index (χ4n) is 0.973. The number of nitrogens with one attached hydrogen (secondary N) is 1. The molecule has 1 heterocycles. The second-order valence-corrected chi connectivity index (χ2v) is 3.47. The number of hydrogen-bond donors (Lipinski definition) is 1. The van der Waals surface area contributed by atoms with Crippen LogP contribution in [0, 0.1) is 0 Å². The van der Waals surface area contributed by atoms with Crippen LogP contribution in [-0.4, -0.2) is 22.5 Å². The Morgan fingerprint density at radius 2 is 2.19 bits per heavy atom. The van der Waals surface area contributed by atoms with Gasteiger partial charge in [0.15, 0.2) is 0 Å². The Balaban J connectivity index is 2.69. The van der Waals surface area contributed by atoms with Crippen LogP contribution in [0.5, 0.6) is 0 Å². The minimum atomic E-state index is -4.24. The Morgan fingerprint density at radius 3 is 2.75 bits per heavy atom. The first-order valence-corrected chi connectivity index (χ1v) is 4.71. The summed E-state index contributed by atoms with van der Waals surface area (Å²) in [4.78, 5) is 11.3. The second kappa shape index (κ2) is 4.73. The summed E-state index contributed by atoms with van der Waals surface area (Å²) in [6, 6.07) is 0. The Hall–Kier alpha value is -1.24. The van der Waals surface area contributed by atoms with E-state index >= 15 is 0 Å². The molecule has 0 aliphatic carbocycles. The molecule has 0 atom stereocenters. The van der Waals surface area contributed by atoms with E-state index in [-0.39, 0.29) is 17.3 Å². The number of rotatable bonds is 3. The summed E-state index contributed by atoms with van der Waals surface area (Å²) in [5, 5.41) is 5.87. The highest BCUT2D eigenvalue weighted by atomic mass is 35.5. The van der Waals surface area contributed by atoms with Crippen LogP contribution in [0.3, 0.4) is 0 Å². The summed E-state index contributed by atoms with van der Waals surface area (Å²) in [5.41, 5.74) is -0.451. The van der Waals surface area contributed by atoms with Crippen molar-refractivity contribution >= 4 is 17.3 Å². The molecule has 0 amide bonds. The van der Waals surface area contributed by atoms with E-state index in [2.05, 4.69) is 10.4 Å². The lowest BCUT2D eigenvalue weighted by molar-refractivity contribution is -0.131. The monoisotopic (exact) mass is 255 g/mol. The van der Waals surface area contributed by atoms with Crippen LogP contribution < -0.4 is 10.9 Å². The molecular formula is C8H9ClF3N3O. The number of halogens is 4. The van der Waals surface area contributed by atoms with Gasteiger partial charge in [-0.05, 0) is 0 Å². The highest BCUT2D eigenvalue weighted by Gasteiger charge is 2.26. The zero-order chi connectivity index (χ0) is 12.3. The summed E-state index contributed by atoms with van der Waals surface area (Å²) in [5.74, 6) is 0. The average Bonchev–Trinajstić information content (AvgIpc) is 2.16. The molecular weight excluding hydrogens is 247 g/mol. The molecule has 0 saturated carbocycles. The van der Waals surface area contributed by atoms with E-state index < -0.39 is 18.2 Å². The fourth-order valence-corrected chi connectivity index (χ4v) is 1.21. The Kier molecular flexibility index (Phi) is 3.79. The van der Waals surface area contributed by atoms with Crippen molar-refractivity contribution in [3.8, 4) is 0 Å². The van der Waals surface area contributed by atoms with Gasteiger partial charge in [-0.1, -0.05) is 11.6 Å². The highest BCUT2D eigenvalue weighted by Crippen LogP contribution is 2.20. The third-order valence-corrected chi connectivity index (χ3v) is 2.17. The summed E-state index contributed by atoms with van der Waals surface area (Å²) in [6.07, 6.45) is -4.04. The van der Waals surface area contributed by atoms with Crippen molar-refractivity contribution in [3.63, 3.8) is 0 Å². The topological polar surface area (TPSA) is 46.9 Å². The molecule has 0 saturated heterocycles. The minimum Gasteiger partial charge on any atom is -0.382 e. The van der Waals surface area contributed by atoms with E-state index in [0.29, 0.717) is 0 Å². The van der Waals surface area contributed by atoms with E-state index in [0.717, 1.165) is 4.68 Å².